The minimum atomic E-state index is -1.06. The van der Waals surface area contributed by atoms with Gasteiger partial charge in [-0.2, -0.15) is 0 Å². The molecule has 0 atom stereocenters. The van der Waals surface area contributed by atoms with E-state index in [2.05, 4.69) is 10.3 Å². The third kappa shape index (κ3) is 3.00. The summed E-state index contributed by atoms with van der Waals surface area (Å²) >= 11 is 7.43. The second kappa shape index (κ2) is 5.37. The molecule has 2 rings (SSSR count). The lowest BCUT2D eigenvalue weighted by molar-refractivity contribution is 0.0697. The molecule has 94 valence electrons. The van der Waals surface area contributed by atoms with Gasteiger partial charge < -0.3 is 10.4 Å². The molecular weight excluding hydrogens is 272 g/mol. The molecule has 18 heavy (non-hydrogen) atoms. The first-order valence-corrected chi connectivity index (χ1v) is 6.44. The van der Waals surface area contributed by atoms with Crippen LogP contribution in [-0.2, 0) is 6.54 Å². The van der Waals surface area contributed by atoms with E-state index in [0.29, 0.717) is 12.4 Å². The first-order chi connectivity index (χ1) is 8.56. The van der Waals surface area contributed by atoms with Crippen molar-refractivity contribution in [2.24, 2.45) is 0 Å². The minimum Gasteiger partial charge on any atom is -0.478 e. The molecule has 2 N–H and O–H groups in total. The van der Waals surface area contributed by atoms with Crippen LogP contribution in [-0.4, -0.2) is 16.1 Å². The van der Waals surface area contributed by atoms with Crippen LogP contribution in [0.15, 0.2) is 24.4 Å². The van der Waals surface area contributed by atoms with Gasteiger partial charge in [-0.1, -0.05) is 11.6 Å². The number of aromatic carboxylic acids is 1. The Morgan fingerprint density at radius 2 is 2.33 bits per heavy atom. The van der Waals surface area contributed by atoms with Gasteiger partial charge in [-0.05, 0) is 25.1 Å². The maximum absolute atomic E-state index is 10.9. The lowest BCUT2D eigenvalue weighted by atomic mass is 10.2. The van der Waals surface area contributed by atoms with Gasteiger partial charge in [-0.3, -0.25) is 0 Å². The summed E-state index contributed by atoms with van der Waals surface area (Å²) in [6, 6.07) is 5.51. The average molecular weight is 283 g/mol. The van der Waals surface area contributed by atoms with Crippen molar-refractivity contribution in [1.29, 1.82) is 0 Å². The first kappa shape index (κ1) is 12.9. The van der Waals surface area contributed by atoms with Crippen LogP contribution >= 0.6 is 22.9 Å². The second-order valence-electron chi connectivity index (χ2n) is 3.72. The highest BCUT2D eigenvalue weighted by Crippen LogP contribution is 2.20. The van der Waals surface area contributed by atoms with E-state index in [0.717, 1.165) is 0 Å². The van der Waals surface area contributed by atoms with Crippen LogP contribution in [0.5, 0.6) is 0 Å². The highest BCUT2D eigenvalue weighted by atomic mass is 35.5. The number of halogens is 1. The molecule has 0 bridgehead atoms. The summed E-state index contributed by atoms with van der Waals surface area (Å²) in [7, 11) is 0. The average Bonchev–Trinajstić information content (AvgIpc) is 2.74. The Morgan fingerprint density at radius 3 is 2.94 bits per heavy atom. The Labute approximate surface area is 113 Å². The fraction of sp³-hybridized carbons (Fsp3) is 0.167. The van der Waals surface area contributed by atoms with Crippen LogP contribution in [0.25, 0.3) is 0 Å². The van der Waals surface area contributed by atoms with Crippen molar-refractivity contribution in [3.8, 4) is 0 Å². The topological polar surface area (TPSA) is 62.2 Å². The maximum Gasteiger partial charge on any atom is 0.337 e. The summed E-state index contributed by atoms with van der Waals surface area (Å²) in [5.41, 5.74) is 0.0523. The van der Waals surface area contributed by atoms with Gasteiger partial charge in [0, 0.05) is 16.0 Å². The summed E-state index contributed by atoms with van der Waals surface area (Å²) in [4.78, 5) is 17.4. The number of aryl methyl sites for hydroxylation is 1. The third-order valence-corrected chi connectivity index (χ3v) is 3.63. The summed E-state index contributed by atoms with van der Waals surface area (Å²) in [6.07, 6.45) is 1.34. The zero-order valence-corrected chi connectivity index (χ0v) is 11.2. The van der Waals surface area contributed by atoms with Gasteiger partial charge in [-0.15, -0.1) is 11.3 Å². The monoisotopic (exact) mass is 282 g/mol. The number of nitrogens with one attached hydrogen (secondary N) is 1. The summed E-state index contributed by atoms with van der Waals surface area (Å²) in [6.45, 7) is 2.66. The molecule has 0 fully saturated rings. The Morgan fingerprint density at radius 1 is 1.56 bits per heavy atom. The van der Waals surface area contributed by atoms with E-state index in [-0.39, 0.29) is 10.6 Å². The number of pyridine rings is 1. The number of rotatable bonds is 4. The van der Waals surface area contributed by atoms with Crippen molar-refractivity contribution in [3.63, 3.8) is 0 Å². The molecule has 0 radical (unpaired) electrons. The number of aromatic nitrogens is 1. The van der Waals surface area contributed by atoms with Gasteiger partial charge in [0.1, 0.15) is 5.82 Å². The molecule has 2 aromatic heterocycles. The standard InChI is InChI=1S/C12H11ClN2O2S/c1-7-2-3-8(18-7)5-14-11-4-9(12(16)17)10(13)6-15-11/h2-4,6H,5H2,1H3,(H,14,15)(H,16,17). The van der Waals surface area contributed by atoms with E-state index in [4.69, 9.17) is 16.7 Å². The molecular formula is C12H11ClN2O2S. The van der Waals surface area contributed by atoms with E-state index in [1.54, 1.807) is 11.3 Å². The molecule has 0 aliphatic heterocycles. The Kier molecular flexibility index (Phi) is 3.84. The van der Waals surface area contributed by atoms with E-state index >= 15 is 0 Å². The normalized spacial score (nSPS) is 10.3. The maximum atomic E-state index is 10.9. The van der Waals surface area contributed by atoms with Crippen molar-refractivity contribution >= 4 is 34.7 Å². The van der Waals surface area contributed by atoms with Crippen molar-refractivity contribution in [3.05, 3.63) is 44.7 Å². The largest absolute Gasteiger partial charge is 0.478 e. The Hall–Kier alpha value is -1.59. The number of hydrogen-bond donors (Lipinski definition) is 2. The predicted molar refractivity (Wildman–Crippen MR) is 72.6 cm³/mol. The second-order valence-corrected chi connectivity index (χ2v) is 5.50. The van der Waals surface area contributed by atoms with Crippen LogP contribution in [0.4, 0.5) is 5.82 Å². The molecule has 2 heterocycles. The van der Waals surface area contributed by atoms with Gasteiger partial charge in [-0.25, -0.2) is 9.78 Å². The fourth-order valence-electron chi connectivity index (χ4n) is 1.46. The highest BCUT2D eigenvalue weighted by Gasteiger charge is 2.10. The van der Waals surface area contributed by atoms with E-state index in [1.165, 1.54) is 22.0 Å². The van der Waals surface area contributed by atoms with E-state index in [9.17, 15) is 4.79 Å². The number of carbonyl (C=O) groups is 1. The van der Waals surface area contributed by atoms with Crippen LogP contribution < -0.4 is 5.32 Å². The number of carboxylic acids is 1. The first-order valence-electron chi connectivity index (χ1n) is 5.24. The number of anilines is 1. The molecule has 0 aromatic carbocycles. The Bertz CT molecular complexity index is 583. The fourth-order valence-corrected chi connectivity index (χ4v) is 2.47. The van der Waals surface area contributed by atoms with Gasteiger partial charge >= 0.3 is 5.97 Å². The van der Waals surface area contributed by atoms with Gasteiger partial charge in [0.25, 0.3) is 0 Å². The molecule has 0 saturated heterocycles. The molecule has 0 aliphatic carbocycles. The van der Waals surface area contributed by atoms with Gasteiger partial charge in [0.05, 0.1) is 17.1 Å². The number of thiophene rings is 1. The quantitative estimate of drug-likeness (QED) is 0.902. The van der Waals surface area contributed by atoms with Gasteiger partial charge in [0.15, 0.2) is 0 Å². The molecule has 0 spiro atoms. The lowest BCUT2D eigenvalue weighted by Gasteiger charge is -2.05. The summed E-state index contributed by atoms with van der Waals surface area (Å²) < 4.78 is 0. The summed E-state index contributed by atoms with van der Waals surface area (Å²) in [5, 5.41) is 12.2. The van der Waals surface area contributed by atoms with E-state index in [1.807, 2.05) is 19.1 Å². The van der Waals surface area contributed by atoms with Crippen molar-refractivity contribution in [2.45, 2.75) is 13.5 Å². The van der Waals surface area contributed by atoms with Crippen molar-refractivity contribution in [2.75, 3.05) is 5.32 Å². The predicted octanol–water partition coefficient (Wildman–Crippen LogP) is 3.42. The Balaban J connectivity index is 2.10. The van der Waals surface area contributed by atoms with Crippen LogP contribution in [0.3, 0.4) is 0 Å². The van der Waals surface area contributed by atoms with Crippen molar-refractivity contribution < 1.29 is 9.90 Å². The highest BCUT2D eigenvalue weighted by molar-refractivity contribution is 7.11. The summed E-state index contributed by atoms with van der Waals surface area (Å²) in [5.74, 6) is -0.555. The van der Waals surface area contributed by atoms with Gasteiger partial charge in [0.2, 0.25) is 0 Å². The third-order valence-electron chi connectivity index (χ3n) is 2.33. The molecule has 0 unspecified atom stereocenters. The SMILES string of the molecule is Cc1ccc(CNc2cc(C(=O)O)c(Cl)cn2)s1. The molecule has 6 heteroatoms. The van der Waals surface area contributed by atoms with Crippen LogP contribution in [0.2, 0.25) is 5.02 Å². The zero-order valence-electron chi connectivity index (χ0n) is 9.61. The number of nitrogens with zero attached hydrogens (tertiary/aromatic N) is 1. The van der Waals surface area contributed by atoms with Crippen LogP contribution in [0.1, 0.15) is 20.1 Å². The van der Waals surface area contributed by atoms with Crippen molar-refractivity contribution in [1.82, 2.24) is 4.98 Å². The molecule has 0 saturated carbocycles. The molecule has 2 aromatic rings. The lowest BCUT2D eigenvalue weighted by Crippen LogP contribution is -2.04. The van der Waals surface area contributed by atoms with E-state index < -0.39 is 5.97 Å². The molecule has 0 amide bonds. The van der Waals surface area contributed by atoms with Crippen LogP contribution in [0, 0.1) is 6.92 Å². The molecule has 0 aliphatic rings. The number of carboxylic acid groups (broad SMARTS) is 1. The zero-order chi connectivity index (χ0) is 13.1. The minimum absolute atomic E-state index is 0.0523. The smallest absolute Gasteiger partial charge is 0.337 e. The number of hydrogen-bond acceptors (Lipinski definition) is 4. The molecule has 4 nitrogen and oxygen atoms in total.